The van der Waals surface area contributed by atoms with Crippen LogP contribution in [0.1, 0.15) is 47.1 Å². The van der Waals surface area contributed by atoms with E-state index >= 15 is 0 Å². The molecule has 2 aromatic carbocycles. The fourth-order valence-corrected chi connectivity index (χ4v) is 4.26. The van der Waals surface area contributed by atoms with Crippen molar-refractivity contribution in [1.82, 2.24) is 9.80 Å². The van der Waals surface area contributed by atoms with E-state index in [2.05, 4.69) is 0 Å². The predicted octanol–water partition coefficient (Wildman–Crippen LogP) is 4.45. The number of rotatable bonds is 7. The van der Waals surface area contributed by atoms with E-state index in [9.17, 15) is 14.0 Å². The van der Waals surface area contributed by atoms with Crippen molar-refractivity contribution in [2.45, 2.75) is 26.3 Å². The number of carbonyl (C=O) groups is 2. The van der Waals surface area contributed by atoms with E-state index in [1.54, 1.807) is 34.1 Å². The van der Waals surface area contributed by atoms with Crippen LogP contribution in [0.15, 0.2) is 65.3 Å². The van der Waals surface area contributed by atoms with Gasteiger partial charge in [0.1, 0.15) is 11.6 Å². The van der Waals surface area contributed by atoms with Crippen LogP contribution in [0.4, 0.5) is 4.39 Å². The third kappa shape index (κ3) is 4.77. The topological polar surface area (TPSA) is 63.0 Å². The first-order valence-electron chi connectivity index (χ1n) is 11.1. The number of amides is 2. The van der Waals surface area contributed by atoms with Gasteiger partial charge < -0.3 is 19.0 Å². The summed E-state index contributed by atoms with van der Waals surface area (Å²) in [4.78, 5) is 29.0. The van der Waals surface area contributed by atoms with Gasteiger partial charge in [0.2, 0.25) is 0 Å². The fourth-order valence-electron chi connectivity index (χ4n) is 4.26. The number of fused-ring (bicyclic) bond motifs is 1. The van der Waals surface area contributed by atoms with Crippen molar-refractivity contribution in [1.29, 1.82) is 0 Å². The zero-order valence-electron chi connectivity index (χ0n) is 18.8. The van der Waals surface area contributed by atoms with Gasteiger partial charge >= 0.3 is 0 Å². The molecule has 0 aliphatic carbocycles. The summed E-state index contributed by atoms with van der Waals surface area (Å²) in [6.45, 7) is 5.54. The smallest absolute Gasteiger partial charge is 0.290 e. The molecule has 1 aliphatic rings. The van der Waals surface area contributed by atoms with Crippen molar-refractivity contribution >= 4 is 11.8 Å². The summed E-state index contributed by atoms with van der Waals surface area (Å²) in [5.74, 6) is 0.146. The zero-order valence-corrected chi connectivity index (χ0v) is 18.8. The summed E-state index contributed by atoms with van der Waals surface area (Å²) < 4.78 is 24.8. The third-order valence-electron chi connectivity index (χ3n) is 6.00. The van der Waals surface area contributed by atoms with Gasteiger partial charge in [0.25, 0.3) is 11.8 Å². The lowest BCUT2D eigenvalue weighted by Crippen LogP contribution is -2.40. The minimum atomic E-state index is -0.436. The number of likely N-dealkylation sites (N-methyl/N-ethyl adjacent to an activating group) is 1. The molecule has 1 unspecified atom stereocenters. The van der Waals surface area contributed by atoms with Crippen LogP contribution in [0.25, 0.3) is 0 Å². The molecule has 6 nitrogen and oxygen atoms in total. The zero-order chi connectivity index (χ0) is 23.4. The Kier molecular flexibility index (Phi) is 6.77. The number of carbonyl (C=O) groups excluding carboxylic acids is 2. The van der Waals surface area contributed by atoms with E-state index in [1.165, 1.54) is 18.4 Å². The molecule has 33 heavy (non-hydrogen) atoms. The Bertz CT molecular complexity index is 1110. The van der Waals surface area contributed by atoms with E-state index in [4.69, 9.17) is 9.15 Å². The molecule has 0 radical (unpaired) electrons. The highest BCUT2D eigenvalue weighted by atomic mass is 19.1. The van der Waals surface area contributed by atoms with Crippen LogP contribution >= 0.6 is 0 Å². The monoisotopic (exact) mass is 450 g/mol. The van der Waals surface area contributed by atoms with Gasteiger partial charge in [-0.05, 0) is 73.4 Å². The Labute approximate surface area is 192 Å². The van der Waals surface area contributed by atoms with Crippen LogP contribution in [-0.4, -0.2) is 47.9 Å². The maximum absolute atomic E-state index is 13.6. The molecule has 0 N–H and O–H groups in total. The fraction of sp³-hybridized carbons (Fsp3) is 0.308. The molecular formula is C26H27FN2O4. The highest BCUT2D eigenvalue weighted by Crippen LogP contribution is 2.38. The molecule has 172 valence electrons. The maximum Gasteiger partial charge on any atom is 0.290 e. The van der Waals surface area contributed by atoms with E-state index in [0.717, 1.165) is 16.7 Å². The summed E-state index contributed by atoms with van der Waals surface area (Å²) in [6.07, 6.45) is 2.13. The molecule has 0 spiro atoms. The first-order chi connectivity index (χ1) is 16.0. The highest BCUT2D eigenvalue weighted by Gasteiger charge is 2.34. The normalized spacial score (nSPS) is 15.1. The first kappa shape index (κ1) is 22.6. The molecule has 4 rings (SSSR count). The summed E-state index contributed by atoms with van der Waals surface area (Å²) in [6, 6.07) is 14.7. The van der Waals surface area contributed by atoms with Gasteiger partial charge in [-0.15, -0.1) is 0 Å². The maximum atomic E-state index is 13.6. The molecule has 0 fully saturated rings. The summed E-state index contributed by atoms with van der Waals surface area (Å²) >= 11 is 0. The van der Waals surface area contributed by atoms with E-state index < -0.39 is 6.04 Å². The average Bonchev–Trinajstić information content (AvgIpc) is 3.38. The van der Waals surface area contributed by atoms with Crippen molar-refractivity contribution in [2.75, 3.05) is 26.2 Å². The van der Waals surface area contributed by atoms with Gasteiger partial charge in [0.15, 0.2) is 12.4 Å². The lowest BCUT2D eigenvalue weighted by atomic mass is 9.87. The lowest BCUT2D eigenvalue weighted by Gasteiger charge is -2.37. The molecule has 0 bridgehead atoms. The van der Waals surface area contributed by atoms with Crippen LogP contribution in [-0.2, 0) is 11.2 Å². The van der Waals surface area contributed by atoms with Crippen LogP contribution in [0.5, 0.6) is 5.75 Å². The number of halogens is 1. The summed E-state index contributed by atoms with van der Waals surface area (Å²) in [5.41, 5.74) is 2.75. The SMILES string of the molecule is CCN(CC)C(=O)COc1ccc2c(c1)C(c1ccc(F)cc1)N(C(=O)c1ccco1)CC2. The average molecular weight is 451 g/mol. The number of hydrogen-bond donors (Lipinski definition) is 0. The minimum Gasteiger partial charge on any atom is -0.484 e. The van der Waals surface area contributed by atoms with Crippen LogP contribution in [0, 0.1) is 5.82 Å². The molecule has 7 heteroatoms. The lowest BCUT2D eigenvalue weighted by molar-refractivity contribution is -0.132. The minimum absolute atomic E-state index is 0.0588. The highest BCUT2D eigenvalue weighted by molar-refractivity contribution is 5.92. The molecule has 2 amide bonds. The third-order valence-corrected chi connectivity index (χ3v) is 6.00. The van der Waals surface area contributed by atoms with Gasteiger partial charge in [-0.1, -0.05) is 18.2 Å². The first-order valence-corrected chi connectivity index (χ1v) is 11.1. The summed E-state index contributed by atoms with van der Waals surface area (Å²) in [5, 5.41) is 0. The molecular weight excluding hydrogens is 423 g/mol. The van der Waals surface area contributed by atoms with Gasteiger partial charge in [0, 0.05) is 19.6 Å². The molecule has 1 aliphatic heterocycles. The van der Waals surface area contributed by atoms with Gasteiger partial charge in [-0.2, -0.15) is 0 Å². The van der Waals surface area contributed by atoms with Gasteiger partial charge in [-0.3, -0.25) is 9.59 Å². The predicted molar refractivity (Wildman–Crippen MR) is 122 cm³/mol. The van der Waals surface area contributed by atoms with E-state index in [0.29, 0.717) is 31.8 Å². The molecule has 0 saturated carbocycles. The van der Waals surface area contributed by atoms with Gasteiger partial charge in [-0.25, -0.2) is 4.39 Å². The van der Waals surface area contributed by atoms with Crippen molar-refractivity contribution in [3.63, 3.8) is 0 Å². The molecule has 3 aromatic rings. The Balaban J connectivity index is 1.67. The number of nitrogens with zero attached hydrogens (tertiary/aromatic N) is 2. The second kappa shape index (κ2) is 9.90. The van der Waals surface area contributed by atoms with Crippen molar-refractivity contribution in [2.24, 2.45) is 0 Å². The van der Waals surface area contributed by atoms with Crippen molar-refractivity contribution < 1.29 is 23.1 Å². The van der Waals surface area contributed by atoms with Crippen molar-refractivity contribution in [3.8, 4) is 5.75 Å². The summed E-state index contributed by atoms with van der Waals surface area (Å²) in [7, 11) is 0. The van der Waals surface area contributed by atoms with E-state index in [1.807, 2.05) is 32.0 Å². The number of benzene rings is 2. The Morgan fingerprint density at radius 2 is 1.88 bits per heavy atom. The second-order valence-electron chi connectivity index (χ2n) is 7.90. The number of hydrogen-bond acceptors (Lipinski definition) is 4. The Morgan fingerprint density at radius 3 is 2.55 bits per heavy atom. The Morgan fingerprint density at radius 1 is 1.12 bits per heavy atom. The van der Waals surface area contributed by atoms with E-state index in [-0.39, 0.29) is 30.0 Å². The molecule has 1 atom stereocenters. The van der Waals surface area contributed by atoms with Gasteiger partial charge in [0.05, 0.1) is 12.3 Å². The van der Waals surface area contributed by atoms with Crippen LogP contribution in [0.2, 0.25) is 0 Å². The second-order valence-corrected chi connectivity index (χ2v) is 7.90. The largest absolute Gasteiger partial charge is 0.484 e. The Hall–Kier alpha value is -3.61. The molecule has 2 heterocycles. The van der Waals surface area contributed by atoms with Crippen LogP contribution in [0.3, 0.4) is 0 Å². The van der Waals surface area contributed by atoms with Crippen molar-refractivity contribution in [3.05, 3.63) is 89.1 Å². The number of furan rings is 1. The standard InChI is InChI=1S/C26H27FN2O4/c1-3-28(4-2)24(30)17-33-21-12-9-18-13-14-29(26(31)23-6-5-15-32-23)25(22(18)16-21)19-7-10-20(27)11-8-19/h5-12,15-16,25H,3-4,13-14,17H2,1-2H3. The van der Waals surface area contributed by atoms with Crippen LogP contribution < -0.4 is 4.74 Å². The quantitative estimate of drug-likeness (QED) is 0.533. The molecule has 0 saturated heterocycles. The molecule has 1 aromatic heterocycles. The number of ether oxygens (including phenoxy) is 1.